The molecule has 0 radical (unpaired) electrons. The molecule has 1 heterocycles. The van der Waals surface area contributed by atoms with Gasteiger partial charge in [-0.3, -0.25) is 4.79 Å². The molecule has 0 aromatic heterocycles. The first-order valence-electron chi connectivity index (χ1n) is 10.2. The number of nitrogens with one attached hydrogen (secondary N) is 4. The normalized spacial score (nSPS) is 16.9. The summed E-state index contributed by atoms with van der Waals surface area (Å²) in [7, 11) is 0. The van der Waals surface area contributed by atoms with Crippen molar-refractivity contribution in [1.82, 2.24) is 5.32 Å². The summed E-state index contributed by atoms with van der Waals surface area (Å²) in [4.78, 5) is 12.2. The van der Waals surface area contributed by atoms with E-state index in [4.69, 9.17) is 23.8 Å². The van der Waals surface area contributed by atoms with Crippen molar-refractivity contribution >= 4 is 63.7 Å². The smallest absolute Gasteiger partial charge is 0.365 e. The predicted molar refractivity (Wildman–Crippen MR) is 139 cm³/mol. The zero-order chi connectivity index (χ0) is 25.1. The van der Waals surface area contributed by atoms with Gasteiger partial charge in [0.05, 0.1) is 10.6 Å². The van der Waals surface area contributed by atoms with E-state index in [1.165, 1.54) is 17.8 Å². The summed E-state index contributed by atoms with van der Waals surface area (Å²) < 4.78 is 39.2. The van der Waals surface area contributed by atoms with Gasteiger partial charge < -0.3 is 21.3 Å². The van der Waals surface area contributed by atoms with Gasteiger partial charge in [0.1, 0.15) is 0 Å². The van der Waals surface area contributed by atoms with E-state index in [2.05, 4.69) is 21.3 Å². The fourth-order valence-corrected chi connectivity index (χ4v) is 4.73. The Morgan fingerprint density at radius 3 is 2.11 bits per heavy atom. The van der Waals surface area contributed by atoms with E-state index in [0.29, 0.717) is 11.4 Å². The Kier molecular flexibility index (Phi) is 7.25. The highest BCUT2D eigenvalue weighted by molar-refractivity contribution is 8.04. The van der Waals surface area contributed by atoms with Crippen molar-refractivity contribution in [3.8, 4) is 0 Å². The fourth-order valence-electron chi connectivity index (χ4n) is 3.37. The maximum Gasteiger partial charge on any atom is 0.417 e. The Labute approximate surface area is 214 Å². The number of thiocarbonyl (C=S) groups is 1. The van der Waals surface area contributed by atoms with Crippen LogP contribution in [0.4, 0.5) is 30.2 Å². The van der Waals surface area contributed by atoms with Gasteiger partial charge in [-0.1, -0.05) is 53.7 Å². The maximum atomic E-state index is 13.2. The fraction of sp³-hybridized carbons (Fsp3) is 0.0833. The largest absolute Gasteiger partial charge is 0.417 e. The van der Waals surface area contributed by atoms with Crippen LogP contribution in [0.25, 0.3) is 0 Å². The van der Waals surface area contributed by atoms with Crippen LogP contribution in [-0.4, -0.2) is 11.0 Å². The average molecular weight is 535 g/mol. The van der Waals surface area contributed by atoms with E-state index in [0.717, 1.165) is 17.7 Å². The number of thioether (sulfide) groups is 1. The quantitative estimate of drug-likeness (QED) is 0.271. The second-order valence-electron chi connectivity index (χ2n) is 7.42. The van der Waals surface area contributed by atoms with Gasteiger partial charge in [-0.25, -0.2) is 0 Å². The van der Waals surface area contributed by atoms with Crippen molar-refractivity contribution in [2.75, 3.05) is 16.0 Å². The number of amides is 1. The van der Waals surface area contributed by atoms with Crippen molar-refractivity contribution in [1.29, 1.82) is 0 Å². The first kappa shape index (κ1) is 24.9. The zero-order valence-corrected chi connectivity index (χ0v) is 20.2. The second-order valence-corrected chi connectivity index (χ2v) is 9.35. The lowest BCUT2D eigenvalue weighted by atomic mass is 10.1. The van der Waals surface area contributed by atoms with Crippen LogP contribution in [0.3, 0.4) is 0 Å². The first-order valence-corrected chi connectivity index (χ1v) is 11.9. The van der Waals surface area contributed by atoms with E-state index in [-0.39, 0.29) is 16.7 Å². The van der Waals surface area contributed by atoms with Crippen LogP contribution in [0.1, 0.15) is 11.1 Å². The van der Waals surface area contributed by atoms with Crippen LogP contribution in [0.5, 0.6) is 0 Å². The third-order valence-corrected chi connectivity index (χ3v) is 6.73. The summed E-state index contributed by atoms with van der Waals surface area (Å²) in [5, 5.41) is 13.2. The molecule has 0 bridgehead atoms. The summed E-state index contributed by atoms with van der Waals surface area (Å²) >= 11 is 12.2. The van der Waals surface area contributed by atoms with E-state index >= 15 is 0 Å². The Balaban J connectivity index is 1.40. The molecule has 1 amide bonds. The van der Waals surface area contributed by atoms with E-state index < -0.39 is 21.6 Å². The number of rotatable bonds is 5. The van der Waals surface area contributed by atoms with Gasteiger partial charge in [-0.15, -0.1) is 0 Å². The van der Waals surface area contributed by atoms with E-state index in [1.54, 1.807) is 30.5 Å². The Bertz CT molecular complexity index is 1260. The lowest BCUT2D eigenvalue weighted by molar-refractivity contribution is -0.137. The number of hydrogen-bond donors (Lipinski definition) is 4. The summed E-state index contributed by atoms with van der Waals surface area (Å²) in [5.74, 6) is -0.236. The molecule has 1 aliphatic heterocycles. The minimum atomic E-state index is -4.58. The lowest BCUT2D eigenvalue weighted by Crippen LogP contribution is -2.45. The highest BCUT2D eigenvalue weighted by Crippen LogP contribution is 2.39. The molecule has 11 heteroatoms. The Hall–Kier alpha value is -3.21. The first-order chi connectivity index (χ1) is 16.7. The van der Waals surface area contributed by atoms with Crippen LogP contribution in [-0.2, 0) is 15.8 Å². The molecule has 1 unspecified atom stereocenters. The molecule has 0 fully saturated rings. The number of benzene rings is 3. The highest BCUT2D eigenvalue weighted by atomic mass is 35.5. The number of carbonyl (C=O) groups is 1. The van der Waals surface area contributed by atoms with Crippen molar-refractivity contribution < 1.29 is 18.0 Å². The van der Waals surface area contributed by atoms with Gasteiger partial charge in [0, 0.05) is 23.3 Å². The van der Waals surface area contributed by atoms with E-state index in [1.807, 2.05) is 35.7 Å². The van der Waals surface area contributed by atoms with Gasteiger partial charge in [0.2, 0.25) is 0 Å². The molecular weight excluding hydrogens is 517 g/mol. The zero-order valence-electron chi connectivity index (χ0n) is 17.8. The Morgan fingerprint density at radius 1 is 0.914 bits per heavy atom. The van der Waals surface area contributed by atoms with Gasteiger partial charge in [0.15, 0.2) is 9.98 Å². The molecule has 0 saturated heterocycles. The standard InChI is InChI=1S/C24H18ClF3N4OS2/c25-20-11-10-18(14-19(20)24(26,27)28)32-22(34)31-17-8-6-16(7-9-17)30-21(33)23(29-12-13-35-23)15-4-2-1-3-5-15/h1-14,29H,(H,30,33)(H2,31,32,34). The maximum absolute atomic E-state index is 13.2. The SMILES string of the molecule is O=C(Nc1ccc(NC(=S)Nc2ccc(Cl)c(C(F)(F)F)c2)cc1)C1(c2ccccc2)NC=CS1. The minimum Gasteiger partial charge on any atom is -0.365 e. The topological polar surface area (TPSA) is 65.2 Å². The molecule has 3 aromatic rings. The number of alkyl halides is 3. The molecule has 5 nitrogen and oxygen atoms in total. The molecule has 3 aromatic carbocycles. The molecule has 0 spiro atoms. The predicted octanol–water partition coefficient (Wildman–Crippen LogP) is 6.77. The summed E-state index contributed by atoms with van der Waals surface area (Å²) in [6, 6.07) is 19.6. The number of hydrogen-bond acceptors (Lipinski definition) is 4. The molecule has 0 saturated carbocycles. The molecular formula is C24H18ClF3N4OS2. The molecule has 35 heavy (non-hydrogen) atoms. The average Bonchev–Trinajstić information content (AvgIpc) is 3.33. The van der Waals surface area contributed by atoms with Crippen molar-refractivity contribution in [2.24, 2.45) is 0 Å². The van der Waals surface area contributed by atoms with Crippen molar-refractivity contribution in [2.45, 2.75) is 11.0 Å². The van der Waals surface area contributed by atoms with Crippen LogP contribution in [0.15, 0.2) is 84.4 Å². The van der Waals surface area contributed by atoms with Gasteiger partial charge >= 0.3 is 6.18 Å². The van der Waals surface area contributed by atoms with E-state index in [9.17, 15) is 18.0 Å². The third kappa shape index (κ3) is 5.72. The van der Waals surface area contributed by atoms with Gasteiger partial charge in [-0.05, 0) is 65.7 Å². The molecule has 1 atom stereocenters. The van der Waals surface area contributed by atoms with Crippen LogP contribution >= 0.6 is 35.6 Å². The van der Waals surface area contributed by atoms with Crippen LogP contribution < -0.4 is 21.3 Å². The lowest BCUT2D eigenvalue weighted by Gasteiger charge is -2.28. The van der Waals surface area contributed by atoms with Crippen molar-refractivity contribution in [3.05, 3.63) is 101 Å². The Morgan fingerprint density at radius 2 is 1.51 bits per heavy atom. The third-order valence-electron chi connectivity index (χ3n) is 5.03. The summed E-state index contributed by atoms with van der Waals surface area (Å²) in [6.07, 6.45) is -2.84. The molecule has 0 aliphatic carbocycles. The molecule has 4 rings (SSSR count). The molecule has 1 aliphatic rings. The number of carbonyl (C=O) groups excluding carboxylic acids is 1. The number of anilines is 3. The van der Waals surface area contributed by atoms with Gasteiger partial charge in [-0.2, -0.15) is 13.2 Å². The summed E-state index contributed by atoms with van der Waals surface area (Å²) in [6.45, 7) is 0. The summed E-state index contributed by atoms with van der Waals surface area (Å²) in [5.41, 5.74) is 1.16. The second kappa shape index (κ2) is 10.2. The number of halogens is 4. The van der Waals surface area contributed by atoms with Crippen LogP contribution in [0.2, 0.25) is 5.02 Å². The van der Waals surface area contributed by atoms with Crippen molar-refractivity contribution in [3.63, 3.8) is 0 Å². The molecule has 180 valence electrons. The minimum absolute atomic E-state index is 0.0953. The highest BCUT2D eigenvalue weighted by Gasteiger charge is 2.42. The molecule has 4 N–H and O–H groups in total. The van der Waals surface area contributed by atoms with Crippen LogP contribution in [0, 0.1) is 0 Å². The monoisotopic (exact) mass is 534 g/mol. The van der Waals surface area contributed by atoms with Gasteiger partial charge in [0.25, 0.3) is 5.91 Å².